The van der Waals surface area contributed by atoms with Crippen LogP contribution in [0.3, 0.4) is 0 Å². The maximum Gasteiger partial charge on any atom is 0.382 e. The Morgan fingerprint density at radius 1 is 1.90 bits per heavy atom. The van der Waals surface area contributed by atoms with Crippen LogP contribution in [0, 0.1) is 13.9 Å². The molecule has 0 aliphatic rings. The predicted octanol–water partition coefficient (Wildman–Crippen LogP) is 0.933. The zero-order valence-electron chi connectivity index (χ0n) is 5.11. The van der Waals surface area contributed by atoms with E-state index in [0.29, 0.717) is 3.83 Å². The predicted molar refractivity (Wildman–Crippen MR) is 42.6 cm³/mol. The maximum absolute atomic E-state index is 10.1. The fourth-order valence-electron chi connectivity index (χ4n) is 0.517. The summed E-state index contributed by atoms with van der Waals surface area (Å²) < 4.78 is 2.21. The number of aryl methyl sites for hydroxylation is 1. The van der Waals surface area contributed by atoms with Crippen molar-refractivity contribution in [1.82, 2.24) is 9.55 Å². The second-order valence-corrected chi connectivity index (χ2v) is 2.70. The Bertz CT molecular complexity index is 250. The molecule has 0 spiro atoms. The Labute approximate surface area is 70.3 Å². The van der Waals surface area contributed by atoms with Crippen LogP contribution in [0.1, 0.15) is 0 Å². The van der Waals surface area contributed by atoms with Crippen molar-refractivity contribution >= 4 is 28.4 Å². The van der Waals surface area contributed by atoms with Crippen LogP contribution >= 0.6 is 22.6 Å². The molecule has 5 nitrogen and oxygen atoms in total. The second kappa shape index (κ2) is 2.52. The van der Waals surface area contributed by atoms with Gasteiger partial charge in [0.1, 0.15) is 6.20 Å². The van der Waals surface area contributed by atoms with E-state index in [1.54, 1.807) is 11.6 Å². The number of hydrogen-bond acceptors (Lipinski definition) is 3. The molecular formula is C4H4IN3O2. The van der Waals surface area contributed by atoms with Crippen LogP contribution in [0.2, 0.25) is 0 Å². The maximum atomic E-state index is 10.1. The van der Waals surface area contributed by atoms with Gasteiger partial charge in [-0.2, -0.15) is 0 Å². The molecule has 0 atom stereocenters. The van der Waals surface area contributed by atoms with Gasteiger partial charge in [-0.15, -0.1) is 0 Å². The molecule has 0 amide bonds. The van der Waals surface area contributed by atoms with E-state index in [1.165, 1.54) is 6.20 Å². The minimum absolute atomic E-state index is 0.105. The van der Waals surface area contributed by atoms with Gasteiger partial charge in [-0.05, 0) is 9.91 Å². The van der Waals surface area contributed by atoms with E-state index < -0.39 is 4.92 Å². The van der Waals surface area contributed by atoms with Crippen molar-refractivity contribution < 1.29 is 4.92 Å². The lowest BCUT2D eigenvalue weighted by Gasteiger charge is -1.83. The molecule has 54 valence electrons. The Morgan fingerprint density at radius 2 is 2.50 bits per heavy atom. The van der Waals surface area contributed by atoms with Crippen molar-refractivity contribution in [2.24, 2.45) is 7.05 Å². The van der Waals surface area contributed by atoms with Crippen molar-refractivity contribution in [3.63, 3.8) is 0 Å². The Hall–Kier alpha value is -0.660. The standard InChI is InChI=1S/C4H4IN3O2/c1-7-2-3(8(9)10)6-4(7)5/h2H,1H3. The third kappa shape index (κ3) is 1.25. The minimum atomic E-state index is -0.512. The summed E-state index contributed by atoms with van der Waals surface area (Å²) in [6.07, 6.45) is 1.38. The van der Waals surface area contributed by atoms with Crippen molar-refractivity contribution in [2.75, 3.05) is 0 Å². The Kier molecular flexibility index (Phi) is 1.88. The highest BCUT2D eigenvalue weighted by Crippen LogP contribution is 2.10. The molecule has 0 radical (unpaired) electrons. The molecule has 0 unspecified atom stereocenters. The summed E-state index contributed by atoms with van der Waals surface area (Å²) in [4.78, 5) is 13.2. The number of halogens is 1. The number of imidazole rings is 1. The summed E-state index contributed by atoms with van der Waals surface area (Å²) in [5.74, 6) is -0.105. The smallest absolute Gasteiger partial charge is 0.358 e. The van der Waals surface area contributed by atoms with E-state index >= 15 is 0 Å². The van der Waals surface area contributed by atoms with Crippen LogP contribution in [0.25, 0.3) is 0 Å². The first-order valence-corrected chi connectivity index (χ1v) is 3.52. The molecule has 1 aromatic heterocycles. The molecule has 1 aromatic rings. The van der Waals surface area contributed by atoms with Gasteiger partial charge in [-0.3, -0.25) is 0 Å². The lowest BCUT2D eigenvalue weighted by molar-refractivity contribution is -0.389. The van der Waals surface area contributed by atoms with E-state index in [9.17, 15) is 10.1 Å². The molecule has 6 heteroatoms. The third-order valence-electron chi connectivity index (χ3n) is 0.994. The molecule has 0 bridgehead atoms. The van der Waals surface area contributed by atoms with Gasteiger partial charge in [0.05, 0.1) is 0 Å². The van der Waals surface area contributed by atoms with Crippen LogP contribution in [0.15, 0.2) is 6.20 Å². The highest BCUT2D eigenvalue weighted by molar-refractivity contribution is 14.1. The van der Waals surface area contributed by atoms with Gasteiger partial charge in [-0.25, -0.2) is 0 Å². The summed E-state index contributed by atoms with van der Waals surface area (Å²) in [7, 11) is 1.71. The highest BCUT2D eigenvalue weighted by Gasteiger charge is 2.12. The number of nitro groups is 1. The molecule has 0 fully saturated rings. The van der Waals surface area contributed by atoms with E-state index in [2.05, 4.69) is 4.98 Å². The zero-order valence-corrected chi connectivity index (χ0v) is 7.27. The first-order chi connectivity index (χ1) is 4.61. The van der Waals surface area contributed by atoms with Gasteiger partial charge in [0.2, 0.25) is 0 Å². The lowest BCUT2D eigenvalue weighted by atomic mass is 10.8. The fourth-order valence-corrected chi connectivity index (χ4v) is 0.903. The summed E-state index contributed by atoms with van der Waals surface area (Å²) in [6, 6.07) is 0. The minimum Gasteiger partial charge on any atom is -0.358 e. The number of rotatable bonds is 1. The average molecular weight is 253 g/mol. The van der Waals surface area contributed by atoms with Crippen LogP contribution in [0.5, 0.6) is 0 Å². The molecule has 0 saturated heterocycles. The molecule has 0 saturated carbocycles. The van der Waals surface area contributed by atoms with Crippen molar-refractivity contribution in [3.8, 4) is 0 Å². The van der Waals surface area contributed by atoms with Gasteiger partial charge in [0.25, 0.3) is 3.83 Å². The van der Waals surface area contributed by atoms with Crippen molar-refractivity contribution in [2.45, 2.75) is 0 Å². The SMILES string of the molecule is Cn1cc([N+](=O)[O-])nc1I. The largest absolute Gasteiger partial charge is 0.382 e. The summed E-state index contributed by atoms with van der Waals surface area (Å²) in [5.41, 5.74) is 0. The molecule has 0 aliphatic heterocycles. The normalized spacial score (nSPS) is 9.80. The van der Waals surface area contributed by atoms with E-state index in [1.807, 2.05) is 22.6 Å². The zero-order chi connectivity index (χ0) is 7.72. The van der Waals surface area contributed by atoms with E-state index in [4.69, 9.17) is 0 Å². The number of nitrogens with zero attached hydrogens (tertiary/aromatic N) is 3. The molecule has 0 aromatic carbocycles. The van der Waals surface area contributed by atoms with Crippen LogP contribution in [0.4, 0.5) is 5.82 Å². The summed E-state index contributed by atoms with van der Waals surface area (Å²) in [6.45, 7) is 0. The van der Waals surface area contributed by atoms with Gasteiger partial charge in [0, 0.05) is 29.6 Å². The lowest BCUT2D eigenvalue weighted by Crippen LogP contribution is -1.86. The number of aromatic nitrogens is 2. The fraction of sp³-hybridized carbons (Fsp3) is 0.250. The molecule has 0 aliphatic carbocycles. The molecule has 1 heterocycles. The summed E-state index contributed by atoms with van der Waals surface area (Å²) in [5, 5.41) is 10.1. The first-order valence-electron chi connectivity index (χ1n) is 2.44. The molecule has 1 rings (SSSR count). The van der Waals surface area contributed by atoms with Crippen LogP contribution in [-0.2, 0) is 7.05 Å². The molecule has 10 heavy (non-hydrogen) atoms. The Balaban J connectivity index is 3.10. The number of hydrogen-bond donors (Lipinski definition) is 0. The highest BCUT2D eigenvalue weighted by atomic mass is 127. The van der Waals surface area contributed by atoms with Crippen LogP contribution in [-0.4, -0.2) is 14.5 Å². The first kappa shape index (κ1) is 7.45. The van der Waals surface area contributed by atoms with E-state index in [-0.39, 0.29) is 5.82 Å². The Morgan fingerprint density at radius 3 is 2.70 bits per heavy atom. The monoisotopic (exact) mass is 253 g/mol. The van der Waals surface area contributed by atoms with Crippen LogP contribution < -0.4 is 0 Å². The van der Waals surface area contributed by atoms with Gasteiger partial charge >= 0.3 is 5.82 Å². The van der Waals surface area contributed by atoms with E-state index in [0.717, 1.165) is 0 Å². The topological polar surface area (TPSA) is 61.0 Å². The second-order valence-electron chi connectivity index (χ2n) is 1.74. The quantitative estimate of drug-likeness (QED) is 0.425. The van der Waals surface area contributed by atoms with Gasteiger partial charge in [0.15, 0.2) is 0 Å². The van der Waals surface area contributed by atoms with Gasteiger partial charge in [-0.1, -0.05) is 0 Å². The molecular weight excluding hydrogens is 249 g/mol. The average Bonchev–Trinajstić information content (AvgIpc) is 2.13. The van der Waals surface area contributed by atoms with Crippen molar-refractivity contribution in [1.29, 1.82) is 0 Å². The van der Waals surface area contributed by atoms with Gasteiger partial charge < -0.3 is 14.7 Å². The summed E-state index contributed by atoms with van der Waals surface area (Å²) >= 11 is 1.93. The van der Waals surface area contributed by atoms with Crippen molar-refractivity contribution in [3.05, 3.63) is 20.1 Å². The third-order valence-corrected chi connectivity index (χ3v) is 2.00. The molecule has 0 N–H and O–H groups in total.